The Kier molecular flexibility index (Phi) is 5.66. The summed E-state index contributed by atoms with van der Waals surface area (Å²) in [4.78, 5) is 39.1. The number of nitrogens with zero attached hydrogens (tertiary/aromatic N) is 2. The first-order valence-electron chi connectivity index (χ1n) is 8.65. The number of carboxylic acid groups (broad SMARTS) is 1. The SMILES string of the molecule is O=C(O)[C@@H]1CCCN1C(=O)C1CC(=O)N(CCOc2ccccc2Cl)C1. The molecule has 0 aliphatic carbocycles. The van der Waals surface area contributed by atoms with E-state index < -0.39 is 17.9 Å². The minimum atomic E-state index is -0.981. The first-order valence-corrected chi connectivity index (χ1v) is 9.03. The molecule has 0 bridgehead atoms. The number of hydrogen-bond acceptors (Lipinski definition) is 4. The van der Waals surface area contributed by atoms with Crippen LogP contribution in [0.3, 0.4) is 0 Å². The summed E-state index contributed by atoms with van der Waals surface area (Å²) in [6.07, 6.45) is 1.27. The summed E-state index contributed by atoms with van der Waals surface area (Å²) in [5.74, 6) is -1.27. The highest BCUT2D eigenvalue weighted by atomic mass is 35.5. The van der Waals surface area contributed by atoms with Gasteiger partial charge in [-0.05, 0) is 25.0 Å². The van der Waals surface area contributed by atoms with E-state index in [0.717, 1.165) is 0 Å². The van der Waals surface area contributed by atoms with Gasteiger partial charge in [0.2, 0.25) is 11.8 Å². The van der Waals surface area contributed by atoms with Crippen LogP contribution in [0.2, 0.25) is 5.02 Å². The van der Waals surface area contributed by atoms with Crippen molar-refractivity contribution in [1.82, 2.24) is 9.80 Å². The van der Waals surface area contributed by atoms with Gasteiger partial charge in [-0.3, -0.25) is 9.59 Å². The number of carboxylic acids is 1. The maximum Gasteiger partial charge on any atom is 0.326 e. The largest absolute Gasteiger partial charge is 0.490 e. The van der Waals surface area contributed by atoms with Crippen molar-refractivity contribution in [3.8, 4) is 5.75 Å². The molecule has 8 heteroatoms. The van der Waals surface area contributed by atoms with Crippen LogP contribution in [0, 0.1) is 5.92 Å². The van der Waals surface area contributed by atoms with Crippen LogP contribution in [0.25, 0.3) is 0 Å². The van der Waals surface area contributed by atoms with Crippen molar-refractivity contribution in [3.63, 3.8) is 0 Å². The van der Waals surface area contributed by atoms with Gasteiger partial charge in [0.15, 0.2) is 0 Å². The Morgan fingerprint density at radius 2 is 2.08 bits per heavy atom. The van der Waals surface area contributed by atoms with Crippen LogP contribution >= 0.6 is 11.6 Å². The summed E-state index contributed by atoms with van der Waals surface area (Å²) in [6.45, 7) is 1.37. The van der Waals surface area contributed by atoms with E-state index in [0.29, 0.717) is 43.2 Å². The number of rotatable bonds is 6. The highest BCUT2D eigenvalue weighted by Crippen LogP contribution is 2.26. The number of amides is 2. The summed E-state index contributed by atoms with van der Waals surface area (Å²) in [5, 5.41) is 9.73. The lowest BCUT2D eigenvalue weighted by atomic mass is 10.1. The van der Waals surface area contributed by atoms with E-state index in [1.54, 1.807) is 23.1 Å². The molecule has 2 aliphatic rings. The molecule has 2 fully saturated rings. The van der Waals surface area contributed by atoms with Gasteiger partial charge in [-0.1, -0.05) is 23.7 Å². The Morgan fingerprint density at radius 1 is 1.31 bits per heavy atom. The number of carbonyl (C=O) groups excluding carboxylic acids is 2. The van der Waals surface area contributed by atoms with Gasteiger partial charge >= 0.3 is 5.97 Å². The monoisotopic (exact) mass is 380 g/mol. The number of benzene rings is 1. The lowest BCUT2D eigenvalue weighted by molar-refractivity contribution is -0.149. The maximum atomic E-state index is 12.6. The summed E-state index contributed by atoms with van der Waals surface area (Å²) in [6, 6.07) is 6.32. The smallest absolute Gasteiger partial charge is 0.326 e. The average molecular weight is 381 g/mol. The first-order chi connectivity index (χ1) is 12.5. The highest BCUT2D eigenvalue weighted by molar-refractivity contribution is 6.32. The molecule has 2 saturated heterocycles. The molecule has 1 unspecified atom stereocenters. The quantitative estimate of drug-likeness (QED) is 0.810. The summed E-state index contributed by atoms with van der Waals surface area (Å²) in [5.41, 5.74) is 0. The van der Waals surface area contributed by atoms with Crippen molar-refractivity contribution in [2.24, 2.45) is 5.92 Å². The van der Waals surface area contributed by atoms with Gasteiger partial charge in [0.25, 0.3) is 0 Å². The molecule has 0 spiro atoms. The van der Waals surface area contributed by atoms with Crippen molar-refractivity contribution in [1.29, 1.82) is 0 Å². The average Bonchev–Trinajstić information content (AvgIpc) is 3.23. The predicted molar refractivity (Wildman–Crippen MR) is 94.0 cm³/mol. The second kappa shape index (κ2) is 7.95. The van der Waals surface area contributed by atoms with E-state index >= 15 is 0 Å². The van der Waals surface area contributed by atoms with Gasteiger partial charge in [-0.25, -0.2) is 4.79 Å². The van der Waals surface area contributed by atoms with E-state index in [9.17, 15) is 19.5 Å². The first kappa shape index (κ1) is 18.5. The molecule has 2 amide bonds. The van der Waals surface area contributed by atoms with Crippen LogP contribution in [0.1, 0.15) is 19.3 Å². The molecule has 3 rings (SSSR count). The van der Waals surface area contributed by atoms with Crippen molar-refractivity contribution in [2.45, 2.75) is 25.3 Å². The van der Waals surface area contributed by atoms with Crippen molar-refractivity contribution in [3.05, 3.63) is 29.3 Å². The fourth-order valence-electron chi connectivity index (χ4n) is 3.50. The standard InChI is InChI=1S/C18H21ClN2O5/c19-13-4-1-2-6-15(13)26-9-8-20-11-12(10-16(20)22)17(23)21-7-3-5-14(21)18(24)25/h1-2,4,6,12,14H,3,5,7-11H2,(H,24,25)/t12?,14-/m0/s1. The Balaban J connectivity index is 1.53. The molecule has 2 aliphatic heterocycles. The predicted octanol–water partition coefficient (Wildman–Crippen LogP) is 1.64. The van der Waals surface area contributed by atoms with Crippen LogP contribution in [0.4, 0.5) is 0 Å². The topological polar surface area (TPSA) is 87.2 Å². The number of halogens is 1. The molecule has 1 aromatic carbocycles. The number of para-hydroxylation sites is 1. The van der Waals surface area contributed by atoms with Crippen molar-refractivity contribution >= 4 is 29.4 Å². The molecule has 2 heterocycles. The van der Waals surface area contributed by atoms with Gasteiger partial charge in [0.05, 0.1) is 17.5 Å². The minimum absolute atomic E-state index is 0.114. The van der Waals surface area contributed by atoms with Crippen LogP contribution in [-0.2, 0) is 14.4 Å². The fourth-order valence-corrected chi connectivity index (χ4v) is 3.69. The molecule has 0 saturated carbocycles. The molecule has 1 aromatic rings. The normalized spacial score (nSPS) is 22.7. The van der Waals surface area contributed by atoms with Crippen LogP contribution < -0.4 is 4.74 Å². The third-order valence-corrected chi connectivity index (χ3v) is 5.15. The zero-order chi connectivity index (χ0) is 18.7. The van der Waals surface area contributed by atoms with Crippen molar-refractivity contribution < 1.29 is 24.2 Å². The Labute approximate surface area is 156 Å². The van der Waals surface area contributed by atoms with E-state index in [1.165, 1.54) is 4.90 Å². The maximum absolute atomic E-state index is 12.6. The van der Waals surface area contributed by atoms with E-state index in [-0.39, 0.29) is 24.8 Å². The van der Waals surface area contributed by atoms with Crippen LogP contribution in [-0.4, -0.2) is 65.0 Å². The number of hydrogen-bond donors (Lipinski definition) is 1. The highest BCUT2D eigenvalue weighted by Gasteiger charge is 2.41. The van der Waals surface area contributed by atoms with Gasteiger partial charge < -0.3 is 19.6 Å². The molecule has 1 N–H and O–H groups in total. The fraction of sp³-hybridized carbons (Fsp3) is 0.500. The number of ether oxygens (including phenoxy) is 1. The number of aliphatic carboxylic acids is 1. The molecule has 2 atom stereocenters. The zero-order valence-electron chi connectivity index (χ0n) is 14.3. The van der Waals surface area contributed by atoms with E-state index in [2.05, 4.69) is 0 Å². The summed E-state index contributed by atoms with van der Waals surface area (Å²) in [7, 11) is 0. The second-order valence-corrected chi connectivity index (χ2v) is 6.95. The molecular weight excluding hydrogens is 360 g/mol. The molecule has 0 radical (unpaired) electrons. The molecule has 7 nitrogen and oxygen atoms in total. The Bertz CT molecular complexity index is 711. The lowest BCUT2D eigenvalue weighted by Gasteiger charge is -2.24. The minimum Gasteiger partial charge on any atom is -0.490 e. The summed E-state index contributed by atoms with van der Waals surface area (Å²) < 4.78 is 5.59. The molecule has 0 aromatic heterocycles. The van der Waals surface area contributed by atoms with Crippen LogP contribution in [0.15, 0.2) is 24.3 Å². The Hall–Kier alpha value is -2.28. The third-order valence-electron chi connectivity index (χ3n) is 4.84. The summed E-state index contributed by atoms with van der Waals surface area (Å²) >= 11 is 6.02. The third kappa shape index (κ3) is 3.93. The van der Waals surface area contributed by atoms with Gasteiger partial charge in [-0.15, -0.1) is 0 Å². The van der Waals surface area contributed by atoms with Gasteiger partial charge in [0.1, 0.15) is 18.4 Å². The molecule has 140 valence electrons. The van der Waals surface area contributed by atoms with Gasteiger partial charge in [-0.2, -0.15) is 0 Å². The van der Waals surface area contributed by atoms with E-state index in [4.69, 9.17) is 16.3 Å². The molecule has 26 heavy (non-hydrogen) atoms. The lowest BCUT2D eigenvalue weighted by Crippen LogP contribution is -2.44. The van der Waals surface area contributed by atoms with Gasteiger partial charge in [0, 0.05) is 19.5 Å². The number of likely N-dealkylation sites (tertiary alicyclic amines) is 2. The Morgan fingerprint density at radius 3 is 2.81 bits per heavy atom. The molecular formula is C18H21ClN2O5. The van der Waals surface area contributed by atoms with Crippen LogP contribution in [0.5, 0.6) is 5.75 Å². The zero-order valence-corrected chi connectivity index (χ0v) is 15.0. The van der Waals surface area contributed by atoms with Crippen molar-refractivity contribution in [2.75, 3.05) is 26.2 Å². The second-order valence-electron chi connectivity index (χ2n) is 6.55. The number of carbonyl (C=O) groups is 3. The van der Waals surface area contributed by atoms with E-state index in [1.807, 2.05) is 6.07 Å².